The molecule has 1 aromatic rings. The van der Waals surface area contributed by atoms with Gasteiger partial charge in [-0.2, -0.15) is 0 Å². The van der Waals surface area contributed by atoms with E-state index in [0.29, 0.717) is 12.1 Å². The fraction of sp³-hybridized carbons (Fsp3) is 0.600. The van der Waals surface area contributed by atoms with Crippen molar-refractivity contribution in [1.29, 1.82) is 0 Å². The van der Waals surface area contributed by atoms with Gasteiger partial charge in [0, 0.05) is 25.3 Å². The molecule has 0 radical (unpaired) electrons. The summed E-state index contributed by atoms with van der Waals surface area (Å²) >= 11 is 0. The van der Waals surface area contributed by atoms with Gasteiger partial charge in [0.1, 0.15) is 5.75 Å². The lowest BCUT2D eigenvalue weighted by atomic mass is 9.92. The molecule has 0 spiro atoms. The summed E-state index contributed by atoms with van der Waals surface area (Å²) in [6, 6.07) is 6.99. The highest BCUT2D eigenvalue weighted by Crippen LogP contribution is 2.30. The summed E-state index contributed by atoms with van der Waals surface area (Å²) in [4.78, 5) is 0. The first-order chi connectivity index (χ1) is 8.85. The molecule has 18 heavy (non-hydrogen) atoms. The predicted molar refractivity (Wildman–Crippen MR) is 72.3 cm³/mol. The Kier molecular flexibility index (Phi) is 3.41. The van der Waals surface area contributed by atoms with Gasteiger partial charge in [0.05, 0.1) is 12.7 Å². The Hall–Kier alpha value is -1.22. The van der Waals surface area contributed by atoms with Crippen molar-refractivity contribution >= 4 is 5.69 Å². The van der Waals surface area contributed by atoms with Gasteiger partial charge in [0.15, 0.2) is 0 Å². The number of fused-ring (bicyclic) bond motifs is 1. The van der Waals surface area contributed by atoms with Gasteiger partial charge in [-0.3, -0.25) is 0 Å². The Morgan fingerprint density at radius 1 is 1.33 bits per heavy atom. The van der Waals surface area contributed by atoms with Gasteiger partial charge in [0.25, 0.3) is 0 Å². The zero-order valence-corrected chi connectivity index (χ0v) is 10.9. The van der Waals surface area contributed by atoms with Crippen LogP contribution < -0.4 is 10.1 Å². The molecule has 1 aromatic carbocycles. The summed E-state index contributed by atoms with van der Waals surface area (Å²) in [5, 5.41) is 3.64. The van der Waals surface area contributed by atoms with E-state index in [1.165, 1.54) is 30.5 Å². The van der Waals surface area contributed by atoms with E-state index >= 15 is 0 Å². The van der Waals surface area contributed by atoms with Crippen molar-refractivity contribution in [1.82, 2.24) is 0 Å². The van der Waals surface area contributed by atoms with Crippen molar-refractivity contribution < 1.29 is 9.47 Å². The zero-order chi connectivity index (χ0) is 12.4. The number of nitrogens with one attached hydrogen (secondary N) is 1. The maximum Gasteiger partial charge on any atom is 0.122 e. The Morgan fingerprint density at radius 3 is 3.17 bits per heavy atom. The molecule has 1 aliphatic heterocycles. The minimum atomic E-state index is 0.425. The maximum atomic E-state index is 5.53. The fourth-order valence-electron chi connectivity index (χ4n) is 3.00. The van der Waals surface area contributed by atoms with E-state index < -0.39 is 0 Å². The van der Waals surface area contributed by atoms with Crippen LogP contribution in [0.5, 0.6) is 5.75 Å². The van der Waals surface area contributed by atoms with E-state index in [9.17, 15) is 0 Å². The molecule has 98 valence electrons. The normalized spacial score (nSPS) is 26.5. The summed E-state index contributed by atoms with van der Waals surface area (Å²) in [5.41, 5.74) is 2.56. The van der Waals surface area contributed by atoms with Crippen LogP contribution >= 0.6 is 0 Å². The quantitative estimate of drug-likeness (QED) is 0.890. The predicted octanol–water partition coefficient (Wildman–Crippen LogP) is 2.99. The number of methoxy groups -OCH3 is 1. The third-order valence-corrected chi connectivity index (χ3v) is 4.02. The SMILES string of the molecule is COC1CCCC(Nc2ccc3c(c2)CCO3)C1. The second-order valence-corrected chi connectivity index (χ2v) is 5.29. The summed E-state index contributed by atoms with van der Waals surface area (Å²) in [7, 11) is 1.82. The Balaban J connectivity index is 1.65. The monoisotopic (exact) mass is 247 g/mol. The van der Waals surface area contributed by atoms with E-state index in [2.05, 4.69) is 23.5 Å². The van der Waals surface area contributed by atoms with Crippen LogP contribution in [0, 0.1) is 0 Å². The smallest absolute Gasteiger partial charge is 0.122 e. The van der Waals surface area contributed by atoms with Crippen LogP contribution in [0.3, 0.4) is 0 Å². The number of rotatable bonds is 3. The van der Waals surface area contributed by atoms with Gasteiger partial charge in [-0.05, 0) is 49.4 Å². The molecular formula is C15H21NO2. The molecule has 0 amide bonds. The second kappa shape index (κ2) is 5.19. The lowest BCUT2D eigenvalue weighted by Crippen LogP contribution is -2.30. The number of hydrogen-bond donors (Lipinski definition) is 1. The highest BCUT2D eigenvalue weighted by atomic mass is 16.5. The molecule has 0 bridgehead atoms. The number of benzene rings is 1. The fourth-order valence-corrected chi connectivity index (χ4v) is 3.00. The molecule has 1 saturated carbocycles. The van der Waals surface area contributed by atoms with Crippen LogP contribution in [0.2, 0.25) is 0 Å². The van der Waals surface area contributed by atoms with Gasteiger partial charge in [-0.25, -0.2) is 0 Å². The highest BCUT2D eigenvalue weighted by molar-refractivity contribution is 5.53. The molecule has 3 heteroatoms. The summed E-state index contributed by atoms with van der Waals surface area (Å²) in [6.07, 6.45) is 6.28. The minimum absolute atomic E-state index is 0.425. The van der Waals surface area contributed by atoms with Crippen LogP contribution in [0.25, 0.3) is 0 Å². The summed E-state index contributed by atoms with van der Waals surface area (Å²) < 4.78 is 11.0. The minimum Gasteiger partial charge on any atom is -0.493 e. The molecular weight excluding hydrogens is 226 g/mol. The third-order valence-electron chi connectivity index (χ3n) is 4.02. The van der Waals surface area contributed by atoms with E-state index in [1.54, 1.807) is 0 Å². The topological polar surface area (TPSA) is 30.5 Å². The first-order valence-corrected chi connectivity index (χ1v) is 6.90. The Bertz CT molecular complexity index is 419. The molecule has 3 rings (SSSR count). The number of ether oxygens (including phenoxy) is 2. The van der Waals surface area contributed by atoms with Crippen molar-refractivity contribution in [2.24, 2.45) is 0 Å². The van der Waals surface area contributed by atoms with Crippen molar-refractivity contribution in [2.75, 3.05) is 19.0 Å². The third kappa shape index (κ3) is 2.46. The van der Waals surface area contributed by atoms with Crippen molar-refractivity contribution in [3.05, 3.63) is 23.8 Å². The highest BCUT2D eigenvalue weighted by Gasteiger charge is 2.22. The van der Waals surface area contributed by atoms with E-state index in [1.807, 2.05) is 7.11 Å². The molecule has 1 N–H and O–H groups in total. The number of hydrogen-bond acceptors (Lipinski definition) is 3. The van der Waals surface area contributed by atoms with E-state index in [4.69, 9.17) is 9.47 Å². The molecule has 2 unspecified atom stereocenters. The summed E-state index contributed by atoms with van der Waals surface area (Å²) in [6.45, 7) is 0.827. The Morgan fingerprint density at radius 2 is 2.28 bits per heavy atom. The molecule has 1 heterocycles. The molecule has 2 aliphatic rings. The lowest BCUT2D eigenvalue weighted by Gasteiger charge is -2.29. The number of anilines is 1. The van der Waals surface area contributed by atoms with E-state index in [-0.39, 0.29) is 0 Å². The Labute approximate surface area is 108 Å². The molecule has 2 atom stereocenters. The van der Waals surface area contributed by atoms with Crippen LogP contribution in [0.4, 0.5) is 5.69 Å². The van der Waals surface area contributed by atoms with Gasteiger partial charge in [-0.15, -0.1) is 0 Å². The molecule has 3 nitrogen and oxygen atoms in total. The zero-order valence-electron chi connectivity index (χ0n) is 10.9. The van der Waals surface area contributed by atoms with Gasteiger partial charge >= 0.3 is 0 Å². The molecule has 0 saturated heterocycles. The average molecular weight is 247 g/mol. The molecule has 0 aromatic heterocycles. The lowest BCUT2D eigenvalue weighted by molar-refractivity contribution is 0.0669. The van der Waals surface area contributed by atoms with Crippen LogP contribution in [0.1, 0.15) is 31.2 Å². The largest absolute Gasteiger partial charge is 0.493 e. The molecule has 1 aliphatic carbocycles. The van der Waals surface area contributed by atoms with E-state index in [0.717, 1.165) is 25.2 Å². The van der Waals surface area contributed by atoms with Gasteiger partial charge < -0.3 is 14.8 Å². The summed E-state index contributed by atoms with van der Waals surface area (Å²) in [5.74, 6) is 1.05. The second-order valence-electron chi connectivity index (χ2n) is 5.29. The average Bonchev–Trinajstić information content (AvgIpc) is 2.86. The van der Waals surface area contributed by atoms with Crippen LogP contribution in [0.15, 0.2) is 18.2 Å². The van der Waals surface area contributed by atoms with Gasteiger partial charge in [0.2, 0.25) is 0 Å². The van der Waals surface area contributed by atoms with Crippen molar-refractivity contribution in [3.8, 4) is 5.75 Å². The maximum absolute atomic E-state index is 5.53. The van der Waals surface area contributed by atoms with Crippen molar-refractivity contribution in [2.45, 2.75) is 44.2 Å². The van der Waals surface area contributed by atoms with Crippen LogP contribution in [-0.4, -0.2) is 25.9 Å². The molecule has 1 fully saturated rings. The van der Waals surface area contributed by atoms with Crippen molar-refractivity contribution in [3.63, 3.8) is 0 Å². The first kappa shape index (κ1) is 11.8. The van der Waals surface area contributed by atoms with Crippen LogP contribution in [-0.2, 0) is 11.2 Å². The first-order valence-electron chi connectivity index (χ1n) is 6.90. The standard InChI is InChI=1S/C15H21NO2/c1-17-14-4-2-3-12(10-14)16-13-5-6-15-11(9-13)7-8-18-15/h5-6,9,12,14,16H,2-4,7-8,10H2,1H3. The van der Waals surface area contributed by atoms with Gasteiger partial charge in [-0.1, -0.05) is 0 Å².